The van der Waals surface area contributed by atoms with Gasteiger partial charge in [-0.05, 0) is 27.2 Å². The molecule has 3 heteroatoms. The number of unbranched alkanes of at least 4 members (excludes halogenated alkanes) is 1. The standard InChI is InChI=1S/C11H21ClO2/c1-6-7-8-13-10(9(2)12)14-11(3,4)5/h10H,2,6-8H2,1,3-5H3. The van der Waals surface area contributed by atoms with Crippen molar-refractivity contribution < 1.29 is 9.47 Å². The minimum Gasteiger partial charge on any atom is -0.348 e. The van der Waals surface area contributed by atoms with Gasteiger partial charge < -0.3 is 9.47 Å². The molecular weight excluding hydrogens is 200 g/mol. The van der Waals surface area contributed by atoms with Gasteiger partial charge in [-0.2, -0.15) is 0 Å². The van der Waals surface area contributed by atoms with E-state index in [0.717, 1.165) is 12.8 Å². The van der Waals surface area contributed by atoms with Gasteiger partial charge in [-0.1, -0.05) is 31.5 Å². The Morgan fingerprint density at radius 2 is 2.00 bits per heavy atom. The van der Waals surface area contributed by atoms with E-state index in [2.05, 4.69) is 13.5 Å². The summed E-state index contributed by atoms with van der Waals surface area (Å²) in [6.45, 7) is 12.3. The second-order valence-electron chi connectivity index (χ2n) is 4.23. The Bertz CT molecular complexity index is 173. The fourth-order valence-electron chi connectivity index (χ4n) is 0.844. The number of hydrogen-bond donors (Lipinski definition) is 0. The molecule has 0 N–H and O–H groups in total. The minimum atomic E-state index is -0.497. The van der Waals surface area contributed by atoms with E-state index in [9.17, 15) is 0 Å². The molecule has 0 amide bonds. The topological polar surface area (TPSA) is 18.5 Å². The molecule has 14 heavy (non-hydrogen) atoms. The predicted octanol–water partition coefficient (Wildman–Crippen LogP) is 3.70. The highest BCUT2D eigenvalue weighted by atomic mass is 35.5. The molecule has 0 heterocycles. The smallest absolute Gasteiger partial charge is 0.194 e. The van der Waals surface area contributed by atoms with Crippen LogP contribution in [0.5, 0.6) is 0 Å². The molecule has 1 atom stereocenters. The van der Waals surface area contributed by atoms with Crippen LogP contribution in [-0.4, -0.2) is 18.5 Å². The first-order chi connectivity index (χ1) is 6.37. The van der Waals surface area contributed by atoms with Gasteiger partial charge in [-0.25, -0.2) is 0 Å². The summed E-state index contributed by atoms with van der Waals surface area (Å²) in [6.07, 6.45) is 1.61. The highest BCUT2D eigenvalue weighted by Crippen LogP contribution is 2.19. The van der Waals surface area contributed by atoms with Crippen LogP contribution in [0.25, 0.3) is 0 Å². The van der Waals surface area contributed by atoms with Crippen molar-refractivity contribution in [2.75, 3.05) is 6.61 Å². The van der Waals surface area contributed by atoms with E-state index in [4.69, 9.17) is 21.1 Å². The summed E-state index contributed by atoms with van der Waals surface area (Å²) in [5, 5.41) is 0.399. The van der Waals surface area contributed by atoms with Gasteiger partial charge in [0.15, 0.2) is 6.29 Å². The molecule has 0 bridgehead atoms. The molecule has 0 fully saturated rings. The van der Waals surface area contributed by atoms with Gasteiger partial charge >= 0.3 is 0 Å². The number of halogens is 1. The van der Waals surface area contributed by atoms with Crippen LogP contribution in [0.1, 0.15) is 40.5 Å². The van der Waals surface area contributed by atoms with Gasteiger partial charge in [-0.3, -0.25) is 0 Å². The maximum Gasteiger partial charge on any atom is 0.194 e. The van der Waals surface area contributed by atoms with Crippen molar-refractivity contribution >= 4 is 11.6 Å². The van der Waals surface area contributed by atoms with Crippen molar-refractivity contribution in [3.8, 4) is 0 Å². The maximum atomic E-state index is 5.78. The minimum absolute atomic E-state index is 0.269. The zero-order valence-corrected chi connectivity index (χ0v) is 10.4. The van der Waals surface area contributed by atoms with Gasteiger partial charge in [0.1, 0.15) is 0 Å². The number of rotatable bonds is 6. The summed E-state index contributed by atoms with van der Waals surface area (Å²) < 4.78 is 11.1. The average Bonchev–Trinajstić information content (AvgIpc) is 2.00. The second-order valence-corrected chi connectivity index (χ2v) is 4.72. The van der Waals surface area contributed by atoms with Gasteiger partial charge in [-0.15, -0.1) is 0 Å². The Kier molecular flexibility index (Phi) is 6.41. The summed E-state index contributed by atoms with van der Waals surface area (Å²) in [5.41, 5.74) is -0.269. The lowest BCUT2D eigenvalue weighted by molar-refractivity contribution is -0.171. The SMILES string of the molecule is C=C(Cl)C(OCCCC)OC(C)(C)C. The first-order valence-corrected chi connectivity index (χ1v) is 5.38. The third-order valence-corrected chi connectivity index (χ3v) is 1.66. The summed E-state index contributed by atoms with van der Waals surface area (Å²) in [5.74, 6) is 0. The fraction of sp³-hybridized carbons (Fsp3) is 0.818. The highest BCUT2D eigenvalue weighted by Gasteiger charge is 2.20. The summed E-state index contributed by atoms with van der Waals surface area (Å²) in [6, 6.07) is 0. The Balaban J connectivity index is 3.97. The Labute approximate surface area is 92.2 Å². The van der Waals surface area contributed by atoms with Gasteiger partial charge in [0.25, 0.3) is 0 Å². The molecule has 1 unspecified atom stereocenters. The van der Waals surface area contributed by atoms with Crippen LogP contribution in [0.4, 0.5) is 0 Å². The van der Waals surface area contributed by atoms with Gasteiger partial charge in [0, 0.05) is 0 Å². The predicted molar refractivity (Wildman–Crippen MR) is 60.5 cm³/mol. The number of ether oxygens (including phenoxy) is 2. The molecule has 0 aliphatic rings. The van der Waals surface area contributed by atoms with Crippen molar-refractivity contribution in [2.45, 2.75) is 52.4 Å². The average molecular weight is 221 g/mol. The van der Waals surface area contributed by atoms with E-state index in [1.54, 1.807) is 0 Å². The molecule has 0 spiro atoms. The lowest BCUT2D eigenvalue weighted by atomic mass is 10.2. The van der Waals surface area contributed by atoms with E-state index < -0.39 is 6.29 Å². The van der Waals surface area contributed by atoms with Crippen molar-refractivity contribution in [1.29, 1.82) is 0 Å². The monoisotopic (exact) mass is 220 g/mol. The Morgan fingerprint density at radius 3 is 2.36 bits per heavy atom. The molecular formula is C11H21ClO2. The molecule has 0 saturated heterocycles. The van der Waals surface area contributed by atoms with Crippen molar-refractivity contribution in [1.82, 2.24) is 0 Å². The maximum absolute atomic E-state index is 5.78. The molecule has 0 aromatic heterocycles. The van der Waals surface area contributed by atoms with Crippen LogP contribution in [-0.2, 0) is 9.47 Å². The zero-order valence-electron chi connectivity index (χ0n) is 9.60. The Morgan fingerprint density at radius 1 is 1.43 bits per heavy atom. The van der Waals surface area contributed by atoms with E-state index in [0.29, 0.717) is 11.6 Å². The molecule has 0 radical (unpaired) electrons. The second kappa shape index (κ2) is 6.44. The summed E-state index contributed by atoms with van der Waals surface area (Å²) in [4.78, 5) is 0. The first kappa shape index (κ1) is 13.9. The highest BCUT2D eigenvalue weighted by molar-refractivity contribution is 6.29. The van der Waals surface area contributed by atoms with Crippen LogP contribution in [0.3, 0.4) is 0 Å². The molecule has 0 aromatic rings. The number of hydrogen-bond acceptors (Lipinski definition) is 2. The first-order valence-electron chi connectivity index (χ1n) is 5.00. The normalized spacial score (nSPS) is 14.1. The van der Waals surface area contributed by atoms with Crippen molar-refractivity contribution in [3.63, 3.8) is 0 Å². The third kappa shape index (κ3) is 7.36. The quantitative estimate of drug-likeness (QED) is 0.502. The van der Waals surface area contributed by atoms with Crippen LogP contribution < -0.4 is 0 Å². The summed E-state index contributed by atoms with van der Waals surface area (Å²) >= 11 is 5.78. The molecule has 2 nitrogen and oxygen atoms in total. The van der Waals surface area contributed by atoms with E-state index in [1.807, 2.05) is 20.8 Å². The van der Waals surface area contributed by atoms with E-state index >= 15 is 0 Å². The third-order valence-electron chi connectivity index (χ3n) is 1.48. The molecule has 0 aliphatic heterocycles. The molecule has 0 rings (SSSR count). The van der Waals surface area contributed by atoms with Crippen LogP contribution >= 0.6 is 11.6 Å². The molecule has 0 aliphatic carbocycles. The lowest BCUT2D eigenvalue weighted by Gasteiger charge is -2.26. The molecule has 0 saturated carbocycles. The zero-order chi connectivity index (χ0) is 11.2. The van der Waals surface area contributed by atoms with E-state index in [1.165, 1.54) is 0 Å². The van der Waals surface area contributed by atoms with Crippen molar-refractivity contribution in [2.24, 2.45) is 0 Å². The largest absolute Gasteiger partial charge is 0.348 e. The van der Waals surface area contributed by atoms with Crippen LogP contribution in [0, 0.1) is 0 Å². The molecule has 0 aromatic carbocycles. The van der Waals surface area contributed by atoms with Gasteiger partial charge in [0.2, 0.25) is 0 Å². The Hall–Kier alpha value is -0.0500. The lowest BCUT2D eigenvalue weighted by Crippen LogP contribution is -2.29. The van der Waals surface area contributed by atoms with Crippen LogP contribution in [0.15, 0.2) is 11.6 Å². The van der Waals surface area contributed by atoms with Gasteiger partial charge in [0.05, 0.1) is 17.2 Å². The van der Waals surface area contributed by atoms with Crippen LogP contribution in [0.2, 0.25) is 0 Å². The molecule has 84 valence electrons. The summed E-state index contributed by atoms with van der Waals surface area (Å²) in [7, 11) is 0. The van der Waals surface area contributed by atoms with E-state index in [-0.39, 0.29) is 5.60 Å². The van der Waals surface area contributed by atoms with Crippen molar-refractivity contribution in [3.05, 3.63) is 11.6 Å². The fourth-order valence-corrected chi connectivity index (χ4v) is 0.952.